The van der Waals surface area contributed by atoms with Crippen molar-refractivity contribution in [3.05, 3.63) is 68.7 Å². The molecule has 0 radical (unpaired) electrons. The molecule has 0 bridgehead atoms. The Morgan fingerprint density at radius 1 is 1.20 bits per heavy atom. The normalized spacial score (nSPS) is 18.2. The number of anilines is 1. The first-order valence-electron chi connectivity index (χ1n) is 13.0. The molecule has 4 aromatic rings. The van der Waals surface area contributed by atoms with Crippen LogP contribution in [0.5, 0.6) is 17.5 Å². The minimum Gasteiger partial charge on any atom is -0.425 e. The number of piperidine rings is 1. The molecule has 2 aliphatic rings. The molecule has 1 atom stereocenters. The summed E-state index contributed by atoms with van der Waals surface area (Å²) in [6.07, 6.45) is 1.75. The van der Waals surface area contributed by atoms with E-state index >= 15 is 0 Å². The number of carbonyl (C=O) groups is 1. The molecule has 0 saturated carbocycles. The third-order valence-electron chi connectivity index (χ3n) is 7.55. The second-order valence-corrected chi connectivity index (χ2v) is 11.2. The van der Waals surface area contributed by atoms with E-state index in [1.54, 1.807) is 43.7 Å². The number of ether oxygens (including phenoxy) is 2. The van der Waals surface area contributed by atoms with Crippen LogP contribution in [0.15, 0.2) is 41.2 Å². The lowest BCUT2D eigenvalue weighted by atomic mass is 9.86. The summed E-state index contributed by atoms with van der Waals surface area (Å²) in [7, 11) is 1.55. The van der Waals surface area contributed by atoms with Crippen LogP contribution in [0.25, 0.3) is 11.2 Å². The van der Waals surface area contributed by atoms with Crippen molar-refractivity contribution < 1.29 is 18.7 Å². The average molecular weight is 567 g/mol. The topological polar surface area (TPSA) is 118 Å². The number of hydrogen-bond donors (Lipinski definition) is 1. The standard InChI is InChI=1S/C28H28ClFN6O4/c1-28(2)19-8-7-18(12-21(19)40-25(28)38)39-27-33-23-22(24(37)34(27)3)36(13-15-11-16(30)6-9-20(15)29)26(32-23)35-10-4-5-17(31)14-35/h6-9,11-12,17H,4-5,10,13-14,31H2,1-3H3/t17-/m1/s1. The second kappa shape index (κ2) is 9.60. The number of benzene rings is 2. The van der Waals surface area contributed by atoms with Crippen molar-refractivity contribution in [3.8, 4) is 17.5 Å². The van der Waals surface area contributed by atoms with E-state index in [4.69, 9.17) is 31.8 Å². The molecule has 0 amide bonds. The lowest BCUT2D eigenvalue weighted by Gasteiger charge is -2.32. The summed E-state index contributed by atoms with van der Waals surface area (Å²) < 4.78 is 28.5. The lowest BCUT2D eigenvalue weighted by Crippen LogP contribution is -2.44. The summed E-state index contributed by atoms with van der Waals surface area (Å²) in [5, 5.41) is 0.370. The zero-order chi connectivity index (χ0) is 28.3. The highest BCUT2D eigenvalue weighted by atomic mass is 35.5. The van der Waals surface area contributed by atoms with Crippen molar-refractivity contribution in [2.24, 2.45) is 12.8 Å². The largest absolute Gasteiger partial charge is 0.425 e. The third kappa shape index (κ3) is 4.39. The van der Waals surface area contributed by atoms with Gasteiger partial charge in [0.2, 0.25) is 5.95 Å². The minimum atomic E-state index is -0.761. The maximum Gasteiger partial charge on any atom is 0.321 e. The van der Waals surface area contributed by atoms with Crippen LogP contribution in [-0.2, 0) is 23.8 Å². The molecule has 208 valence electrons. The first-order valence-corrected chi connectivity index (χ1v) is 13.4. The van der Waals surface area contributed by atoms with E-state index in [-0.39, 0.29) is 35.7 Å². The summed E-state index contributed by atoms with van der Waals surface area (Å²) in [4.78, 5) is 37.3. The van der Waals surface area contributed by atoms with Crippen molar-refractivity contribution in [2.75, 3.05) is 18.0 Å². The lowest BCUT2D eigenvalue weighted by molar-refractivity contribution is -0.137. The molecule has 0 aliphatic carbocycles. The molecule has 12 heteroatoms. The van der Waals surface area contributed by atoms with Crippen molar-refractivity contribution in [3.63, 3.8) is 0 Å². The van der Waals surface area contributed by atoms with Crippen molar-refractivity contribution in [1.29, 1.82) is 0 Å². The van der Waals surface area contributed by atoms with Gasteiger partial charge in [-0.05, 0) is 56.5 Å². The van der Waals surface area contributed by atoms with Crippen LogP contribution in [-0.4, -0.2) is 44.2 Å². The van der Waals surface area contributed by atoms with Crippen molar-refractivity contribution in [1.82, 2.24) is 19.1 Å². The number of imidazole rings is 1. The molecule has 2 aromatic carbocycles. The summed E-state index contributed by atoms with van der Waals surface area (Å²) in [5.74, 6) is 0.466. The average Bonchev–Trinajstić information content (AvgIpc) is 3.37. The fourth-order valence-electron chi connectivity index (χ4n) is 5.25. The van der Waals surface area contributed by atoms with E-state index in [2.05, 4.69) is 4.98 Å². The molecule has 1 saturated heterocycles. The number of carbonyl (C=O) groups excluding carboxylic acids is 1. The van der Waals surface area contributed by atoms with E-state index in [1.807, 2.05) is 4.90 Å². The Kier molecular flexibility index (Phi) is 6.30. The van der Waals surface area contributed by atoms with E-state index in [9.17, 15) is 14.0 Å². The quantitative estimate of drug-likeness (QED) is 0.286. The predicted molar refractivity (Wildman–Crippen MR) is 148 cm³/mol. The van der Waals surface area contributed by atoms with E-state index in [0.29, 0.717) is 41.1 Å². The number of fused-ring (bicyclic) bond motifs is 2. The summed E-state index contributed by atoms with van der Waals surface area (Å²) in [6.45, 7) is 4.94. The number of hydrogen-bond acceptors (Lipinski definition) is 8. The monoisotopic (exact) mass is 566 g/mol. The maximum atomic E-state index is 14.1. The van der Waals surface area contributed by atoms with Crippen LogP contribution >= 0.6 is 11.6 Å². The molecular weight excluding hydrogens is 539 g/mol. The zero-order valence-electron chi connectivity index (χ0n) is 22.3. The summed E-state index contributed by atoms with van der Waals surface area (Å²) in [5.41, 5.74) is 6.74. The zero-order valence-corrected chi connectivity index (χ0v) is 23.0. The van der Waals surface area contributed by atoms with Gasteiger partial charge in [-0.15, -0.1) is 0 Å². The van der Waals surface area contributed by atoms with E-state index < -0.39 is 16.8 Å². The number of halogens is 2. The van der Waals surface area contributed by atoms with Gasteiger partial charge in [0.1, 0.15) is 17.3 Å². The first kappa shape index (κ1) is 26.3. The molecule has 0 spiro atoms. The van der Waals surface area contributed by atoms with Gasteiger partial charge >= 0.3 is 12.0 Å². The number of rotatable bonds is 5. The Bertz CT molecular complexity index is 1730. The fraction of sp³-hybridized carbons (Fsp3) is 0.357. The Morgan fingerprint density at radius 2 is 2.00 bits per heavy atom. The van der Waals surface area contributed by atoms with Crippen LogP contribution in [0.4, 0.5) is 10.3 Å². The van der Waals surface area contributed by atoms with Gasteiger partial charge in [0, 0.05) is 42.8 Å². The van der Waals surface area contributed by atoms with Gasteiger partial charge < -0.3 is 20.1 Å². The van der Waals surface area contributed by atoms with Gasteiger partial charge in [0.05, 0.1) is 12.0 Å². The van der Waals surface area contributed by atoms with Crippen LogP contribution in [0, 0.1) is 5.82 Å². The number of aromatic nitrogens is 4. The Morgan fingerprint density at radius 3 is 2.77 bits per heavy atom. The molecule has 40 heavy (non-hydrogen) atoms. The summed E-state index contributed by atoms with van der Waals surface area (Å²) >= 11 is 6.39. The molecule has 2 N–H and O–H groups in total. The van der Waals surface area contributed by atoms with E-state index in [0.717, 1.165) is 18.4 Å². The van der Waals surface area contributed by atoms with Gasteiger partial charge in [-0.25, -0.2) is 4.39 Å². The number of nitrogens with zero attached hydrogens (tertiary/aromatic N) is 5. The van der Waals surface area contributed by atoms with Crippen molar-refractivity contribution in [2.45, 2.75) is 44.7 Å². The Balaban J connectivity index is 1.44. The molecule has 1 fully saturated rings. The molecule has 10 nitrogen and oxygen atoms in total. The summed E-state index contributed by atoms with van der Waals surface area (Å²) in [6, 6.07) is 9.14. The highest BCUT2D eigenvalue weighted by Crippen LogP contribution is 2.41. The van der Waals surface area contributed by atoms with Gasteiger partial charge in [0.25, 0.3) is 5.56 Å². The minimum absolute atomic E-state index is 0.0105. The highest BCUT2D eigenvalue weighted by molar-refractivity contribution is 6.31. The third-order valence-corrected chi connectivity index (χ3v) is 7.92. The van der Waals surface area contributed by atoms with E-state index in [1.165, 1.54) is 22.8 Å². The molecule has 2 aliphatic heterocycles. The van der Waals surface area contributed by atoms with Gasteiger partial charge in [-0.1, -0.05) is 17.7 Å². The smallest absolute Gasteiger partial charge is 0.321 e. The van der Waals surface area contributed by atoms with Gasteiger partial charge in [-0.2, -0.15) is 9.97 Å². The molecule has 0 unspecified atom stereocenters. The Labute approximate surface area is 234 Å². The molecule has 2 aromatic heterocycles. The highest BCUT2D eigenvalue weighted by Gasteiger charge is 2.41. The first-order chi connectivity index (χ1) is 19.0. The molecular formula is C28H28ClFN6O4. The molecule has 6 rings (SSSR count). The number of esters is 1. The van der Waals surface area contributed by atoms with Crippen molar-refractivity contribution >= 4 is 34.7 Å². The van der Waals surface area contributed by atoms with Crippen LogP contribution < -0.4 is 25.7 Å². The Hall–Kier alpha value is -3.96. The predicted octanol–water partition coefficient (Wildman–Crippen LogP) is 3.89. The number of nitrogens with two attached hydrogens (primary N) is 1. The fourth-order valence-corrected chi connectivity index (χ4v) is 5.43. The SMILES string of the molecule is Cn1c(Oc2ccc3c(c2)OC(=O)C3(C)C)nc2nc(N3CCC[C@@H](N)C3)n(Cc3cc(F)ccc3Cl)c2c1=O. The second-order valence-electron chi connectivity index (χ2n) is 10.8. The van der Waals surface area contributed by atoms with Crippen LogP contribution in [0.3, 0.4) is 0 Å². The van der Waals surface area contributed by atoms with Crippen LogP contribution in [0.1, 0.15) is 37.8 Å². The van der Waals surface area contributed by atoms with Gasteiger partial charge in [-0.3, -0.25) is 18.7 Å². The maximum absolute atomic E-state index is 14.1. The molecule has 4 heterocycles. The van der Waals surface area contributed by atoms with Crippen LogP contribution in [0.2, 0.25) is 5.02 Å². The van der Waals surface area contributed by atoms with Gasteiger partial charge in [0.15, 0.2) is 11.2 Å².